The molecule has 1 aliphatic carbocycles. The number of benzene rings is 2. The number of likely N-dealkylation sites (tertiary alicyclic amines) is 1. The Morgan fingerprint density at radius 2 is 1.34 bits per heavy atom. The lowest BCUT2D eigenvalue weighted by Crippen LogP contribution is -2.36. The molecule has 1 fully saturated rings. The molecule has 1 heterocycles. The van der Waals surface area contributed by atoms with Crippen LogP contribution >= 0.6 is 0 Å². The lowest BCUT2D eigenvalue weighted by molar-refractivity contribution is -0.140. The summed E-state index contributed by atoms with van der Waals surface area (Å²) in [6.07, 6.45) is 5.25. The Kier molecular flexibility index (Phi) is 5.56. The van der Waals surface area contributed by atoms with Gasteiger partial charge in [-0.15, -0.1) is 0 Å². The highest BCUT2D eigenvalue weighted by Crippen LogP contribution is 2.35. The first-order valence-electron chi connectivity index (χ1n) is 10.0. The van der Waals surface area contributed by atoms with Gasteiger partial charge < -0.3 is 5.32 Å². The number of carbonyl (C=O) groups excluding carboxylic acids is 3. The number of rotatable bonds is 6. The molecule has 0 aromatic heterocycles. The fourth-order valence-corrected chi connectivity index (χ4v) is 4.19. The molecule has 5 heteroatoms. The van der Waals surface area contributed by atoms with Crippen molar-refractivity contribution >= 4 is 17.7 Å². The summed E-state index contributed by atoms with van der Waals surface area (Å²) in [5.74, 6) is -0.968. The molecule has 1 N–H and O–H groups in total. The van der Waals surface area contributed by atoms with Crippen LogP contribution in [0.1, 0.15) is 36.4 Å². The molecule has 2 aromatic rings. The second kappa shape index (κ2) is 8.43. The van der Waals surface area contributed by atoms with Crippen LogP contribution in [-0.2, 0) is 14.4 Å². The maximum Gasteiger partial charge on any atom is 0.233 e. The van der Waals surface area contributed by atoms with Crippen molar-refractivity contribution in [2.45, 2.75) is 25.3 Å². The van der Waals surface area contributed by atoms with Gasteiger partial charge in [0.05, 0.1) is 17.9 Å². The molecule has 2 aliphatic rings. The highest BCUT2D eigenvalue weighted by Gasteiger charge is 2.46. The Labute approximate surface area is 170 Å². The zero-order chi connectivity index (χ0) is 20.2. The van der Waals surface area contributed by atoms with Gasteiger partial charge in [0.1, 0.15) is 0 Å². The molecule has 29 heavy (non-hydrogen) atoms. The van der Waals surface area contributed by atoms with Gasteiger partial charge in [-0.3, -0.25) is 19.3 Å². The van der Waals surface area contributed by atoms with Gasteiger partial charge in [-0.25, -0.2) is 0 Å². The molecule has 2 aromatic carbocycles. The summed E-state index contributed by atoms with van der Waals surface area (Å²) in [5.41, 5.74) is 1.97. The highest BCUT2D eigenvalue weighted by atomic mass is 16.2. The van der Waals surface area contributed by atoms with Crippen LogP contribution in [0.5, 0.6) is 0 Å². The van der Waals surface area contributed by atoms with Gasteiger partial charge in [-0.2, -0.15) is 0 Å². The van der Waals surface area contributed by atoms with Crippen molar-refractivity contribution in [3.05, 3.63) is 83.9 Å². The van der Waals surface area contributed by atoms with Crippen LogP contribution in [0.2, 0.25) is 0 Å². The van der Waals surface area contributed by atoms with Crippen LogP contribution in [0.25, 0.3) is 0 Å². The standard InChI is InChI=1S/C24H24N2O3/c27-21(15-16-26-23(28)19-13-7-8-14-20(19)24(26)29)25-22(17-9-3-1-4-10-17)18-11-5-2-6-12-18/h1-12,19-20,22H,13-16H2,(H,25,27)/t19-,20-/m1/s1. The van der Waals surface area contributed by atoms with Crippen LogP contribution < -0.4 is 5.32 Å². The minimum absolute atomic E-state index is 0.0977. The van der Waals surface area contributed by atoms with E-state index in [0.29, 0.717) is 12.8 Å². The predicted molar refractivity (Wildman–Crippen MR) is 110 cm³/mol. The Balaban J connectivity index is 1.43. The third-order valence-electron chi connectivity index (χ3n) is 5.73. The normalized spacial score (nSPS) is 20.8. The summed E-state index contributed by atoms with van der Waals surface area (Å²) in [6.45, 7) is 0.132. The molecule has 4 rings (SSSR count). The van der Waals surface area contributed by atoms with Crippen molar-refractivity contribution in [2.24, 2.45) is 11.8 Å². The number of fused-ring (bicyclic) bond motifs is 1. The van der Waals surface area contributed by atoms with E-state index in [2.05, 4.69) is 5.32 Å². The van der Waals surface area contributed by atoms with Crippen LogP contribution in [0.4, 0.5) is 0 Å². The van der Waals surface area contributed by atoms with Gasteiger partial charge in [-0.05, 0) is 24.0 Å². The van der Waals surface area contributed by atoms with E-state index in [0.717, 1.165) is 11.1 Å². The fourth-order valence-electron chi connectivity index (χ4n) is 4.19. The number of nitrogens with one attached hydrogen (secondary N) is 1. The number of hydrogen-bond acceptors (Lipinski definition) is 3. The molecule has 3 amide bonds. The fraction of sp³-hybridized carbons (Fsp3) is 0.292. The number of nitrogens with zero attached hydrogens (tertiary/aromatic N) is 1. The van der Waals surface area contributed by atoms with Gasteiger partial charge >= 0.3 is 0 Å². The molecule has 2 atom stereocenters. The maximum absolute atomic E-state index is 12.7. The van der Waals surface area contributed by atoms with Crippen molar-refractivity contribution in [1.29, 1.82) is 0 Å². The number of carbonyl (C=O) groups is 3. The summed E-state index contributed by atoms with van der Waals surface area (Å²) in [6, 6.07) is 19.3. The van der Waals surface area contributed by atoms with Crippen molar-refractivity contribution in [1.82, 2.24) is 10.2 Å². The molecule has 0 saturated carbocycles. The SMILES string of the molecule is O=C(CCN1C(=O)[C@@H]2CC=CC[C@H]2C1=O)NC(c1ccccc1)c1ccccc1. The summed E-state index contributed by atoms with van der Waals surface area (Å²) < 4.78 is 0. The third-order valence-corrected chi connectivity index (χ3v) is 5.73. The number of amides is 3. The second-order valence-corrected chi connectivity index (χ2v) is 7.56. The lowest BCUT2D eigenvalue weighted by Gasteiger charge is -2.21. The molecule has 0 bridgehead atoms. The van der Waals surface area contributed by atoms with E-state index < -0.39 is 0 Å². The van der Waals surface area contributed by atoms with Crippen LogP contribution in [0.3, 0.4) is 0 Å². The molecular formula is C24H24N2O3. The van der Waals surface area contributed by atoms with Gasteiger partial charge in [0, 0.05) is 13.0 Å². The van der Waals surface area contributed by atoms with E-state index in [1.807, 2.05) is 72.8 Å². The zero-order valence-corrected chi connectivity index (χ0v) is 16.2. The quantitative estimate of drug-likeness (QED) is 0.610. The average Bonchev–Trinajstić information content (AvgIpc) is 3.02. The largest absolute Gasteiger partial charge is 0.345 e. The molecule has 0 unspecified atom stereocenters. The van der Waals surface area contributed by atoms with Crippen molar-refractivity contribution in [3.63, 3.8) is 0 Å². The zero-order valence-electron chi connectivity index (χ0n) is 16.2. The van der Waals surface area contributed by atoms with Crippen molar-refractivity contribution < 1.29 is 14.4 Å². The third kappa shape index (κ3) is 3.99. The van der Waals surface area contributed by atoms with Gasteiger partial charge in [-0.1, -0.05) is 72.8 Å². The molecule has 1 saturated heterocycles. The molecule has 0 spiro atoms. The Morgan fingerprint density at radius 3 is 1.83 bits per heavy atom. The predicted octanol–water partition coefficient (Wildman–Crippen LogP) is 3.23. The smallest absolute Gasteiger partial charge is 0.233 e. The molecule has 0 radical (unpaired) electrons. The van der Waals surface area contributed by atoms with E-state index in [9.17, 15) is 14.4 Å². The van der Waals surface area contributed by atoms with E-state index >= 15 is 0 Å². The van der Waals surface area contributed by atoms with E-state index in [1.54, 1.807) is 0 Å². The van der Waals surface area contributed by atoms with Crippen LogP contribution in [0.15, 0.2) is 72.8 Å². The number of allylic oxidation sites excluding steroid dienone is 2. The molecular weight excluding hydrogens is 364 g/mol. The summed E-state index contributed by atoms with van der Waals surface area (Å²) in [5, 5.41) is 3.07. The van der Waals surface area contributed by atoms with Crippen molar-refractivity contribution in [3.8, 4) is 0 Å². The van der Waals surface area contributed by atoms with E-state index in [1.165, 1.54) is 4.90 Å². The maximum atomic E-state index is 12.7. The van der Waals surface area contributed by atoms with Crippen molar-refractivity contribution in [2.75, 3.05) is 6.54 Å². The first kappa shape index (κ1) is 19.1. The Hall–Kier alpha value is -3.21. The minimum Gasteiger partial charge on any atom is -0.345 e. The summed E-state index contributed by atoms with van der Waals surface area (Å²) >= 11 is 0. The monoisotopic (exact) mass is 388 g/mol. The van der Waals surface area contributed by atoms with Crippen LogP contribution in [0, 0.1) is 11.8 Å². The highest BCUT2D eigenvalue weighted by molar-refractivity contribution is 6.05. The van der Waals surface area contributed by atoms with Gasteiger partial charge in [0.2, 0.25) is 17.7 Å². The molecule has 148 valence electrons. The van der Waals surface area contributed by atoms with E-state index in [4.69, 9.17) is 0 Å². The molecule has 5 nitrogen and oxygen atoms in total. The van der Waals surface area contributed by atoms with Gasteiger partial charge in [0.15, 0.2) is 0 Å². The summed E-state index contributed by atoms with van der Waals surface area (Å²) in [4.78, 5) is 39.1. The Morgan fingerprint density at radius 1 is 0.862 bits per heavy atom. The Bertz CT molecular complexity index is 858. The average molecular weight is 388 g/mol. The topological polar surface area (TPSA) is 66.5 Å². The van der Waals surface area contributed by atoms with E-state index in [-0.39, 0.29) is 48.6 Å². The number of imide groups is 1. The first-order chi connectivity index (χ1) is 14.1. The molecule has 1 aliphatic heterocycles. The second-order valence-electron chi connectivity index (χ2n) is 7.56. The summed E-state index contributed by atoms with van der Waals surface area (Å²) in [7, 11) is 0. The first-order valence-corrected chi connectivity index (χ1v) is 10.0. The number of hydrogen-bond donors (Lipinski definition) is 1. The van der Waals surface area contributed by atoms with Crippen LogP contribution in [-0.4, -0.2) is 29.2 Å². The minimum atomic E-state index is -0.276. The lowest BCUT2D eigenvalue weighted by atomic mass is 9.85. The van der Waals surface area contributed by atoms with Gasteiger partial charge in [0.25, 0.3) is 0 Å².